The van der Waals surface area contributed by atoms with Crippen molar-refractivity contribution in [3.8, 4) is 11.5 Å². The molecule has 0 aromatic heterocycles. The Morgan fingerprint density at radius 3 is 2.58 bits per heavy atom. The topological polar surface area (TPSA) is 72.9 Å². The van der Waals surface area contributed by atoms with Gasteiger partial charge in [-0.3, -0.25) is 9.69 Å². The smallest absolute Gasteiger partial charge is 0.339 e. The first-order valence-corrected chi connectivity index (χ1v) is 12.8. The zero-order valence-corrected chi connectivity index (χ0v) is 20.4. The van der Waals surface area contributed by atoms with E-state index in [9.17, 15) is 13.2 Å². The standard InChI is InChI=1S/C24H21NO5S3/c1-3-13-25-23(26)21(32-24(25)31)15-16-11-12-19(20(14-16)29-2)30-33(27,28)22-10-6-8-17-7-4-5-9-18(17)22/h4-12,14-15H,3,13H2,1-2H3/b21-15+. The van der Waals surface area contributed by atoms with Crippen molar-refractivity contribution >= 4 is 61.2 Å². The first kappa shape index (κ1) is 23.3. The van der Waals surface area contributed by atoms with E-state index < -0.39 is 10.1 Å². The fourth-order valence-electron chi connectivity index (χ4n) is 3.49. The highest BCUT2D eigenvalue weighted by Crippen LogP contribution is 2.36. The third-order valence-corrected chi connectivity index (χ3v) is 7.70. The van der Waals surface area contributed by atoms with E-state index in [-0.39, 0.29) is 22.3 Å². The van der Waals surface area contributed by atoms with Crippen molar-refractivity contribution in [1.82, 2.24) is 4.90 Å². The maximum atomic E-state index is 13.1. The van der Waals surface area contributed by atoms with Gasteiger partial charge >= 0.3 is 10.1 Å². The van der Waals surface area contributed by atoms with Crippen molar-refractivity contribution in [3.63, 3.8) is 0 Å². The van der Waals surface area contributed by atoms with E-state index in [1.165, 1.54) is 31.0 Å². The van der Waals surface area contributed by atoms with Gasteiger partial charge in [0.2, 0.25) is 0 Å². The summed E-state index contributed by atoms with van der Waals surface area (Å²) in [7, 11) is -2.69. The average molecular weight is 500 g/mol. The molecule has 1 fully saturated rings. The molecule has 33 heavy (non-hydrogen) atoms. The van der Waals surface area contributed by atoms with Gasteiger partial charge in [-0.1, -0.05) is 73.4 Å². The number of hydrogen-bond acceptors (Lipinski definition) is 7. The molecular weight excluding hydrogens is 478 g/mol. The number of carbonyl (C=O) groups is 1. The predicted octanol–water partition coefficient (Wildman–Crippen LogP) is 5.23. The van der Waals surface area contributed by atoms with Crippen molar-refractivity contribution in [1.29, 1.82) is 0 Å². The summed E-state index contributed by atoms with van der Waals surface area (Å²) in [6.45, 7) is 2.56. The van der Waals surface area contributed by atoms with E-state index in [1.54, 1.807) is 41.3 Å². The highest BCUT2D eigenvalue weighted by Gasteiger charge is 2.31. The monoisotopic (exact) mass is 499 g/mol. The Labute approximate surface area is 202 Å². The van der Waals surface area contributed by atoms with Gasteiger partial charge in [-0.2, -0.15) is 8.42 Å². The van der Waals surface area contributed by atoms with Crippen LogP contribution in [0.5, 0.6) is 11.5 Å². The maximum Gasteiger partial charge on any atom is 0.339 e. The van der Waals surface area contributed by atoms with E-state index in [2.05, 4.69) is 0 Å². The summed E-state index contributed by atoms with van der Waals surface area (Å²) >= 11 is 6.54. The Kier molecular flexibility index (Phi) is 6.73. The van der Waals surface area contributed by atoms with Crippen molar-refractivity contribution in [3.05, 3.63) is 71.1 Å². The lowest BCUT2D eigenvalue weighted by atomic mass is 10.1. The lowest BCUT2D eigenvalue weighted by Gasteiger charge is -2.13. The second-order valence-corrected chi connectivity index (χ2v) is 10.4. The van der Waals surface area contributed by atoms with Gasteiger partial charge in [-0.15, -0.1) is 0 Å². The van der Waals surface area contributed by atoms with Crippen LogP contribution in [0.3, 0.4) is 0 Å². The summed E-state index contributed by atoms with van der Waals surface area (Å²) in [4.78, 5) is 14.8. The normalized spacial score (nSPS) is 15.5. The molecule has 0 radical (unpaired) electrons. The summed E-state index contributed by atoms with van der Waals surface area (Å²) in [5.41, 5.74) is 0.666. The summed E-state index contributed by atoms with van der Waals surface area (Å²) < 4.78 is 37.5. The Morgan fingerprint density at radius 2 is 1.82 bits per heavy atom. The molecule has 0 N–H and O–H groups in total. The minimum absolute atomic E-state index is 0.0566. The van der Waals surface area contributed by atoms with Crippen LogP contribution in [0.4, 0.5) is 0 Å². The van der Waals surface area contributed by atoms with Gasteiger partial charge < -0.3 is 8.92 Å². The first-order valence-electron chi connectivity index (χ1n) is 10.2. The number of thioether (sulfide) groups is 1. The fraction of sp³-hybridized carbons (Fsp3) is 0.167. The fourth-order valence-corrected chi connectivity index (χ4v) is 5.96. The summed E-state index contributed by atoms with van der Waals surface area (Å²) in [6.07, 6.45) is 2.52. The van der Waals surface area contributed by atoms with Gasteiger partial charge in [0.15, 0.2) is 11.5 Å². The van der Waals surface area contributed by atoms with E-state index in [0.29, 0.717) is 26.7 Å². The SMILES string of the molecule is CCCN1C(=O)/C(=C\c2ccc(OS(=O)(=O)c3cccc4ccccc34)c(OC)c2)SC1=S. The molecular formula is C24H21NO5S3. The van der Waals surface area contributed by atoms with E-state index in [4.69, 9.17) is 21.1 Å². The molecule has 1 amide bonds. The van der Waals surface area contributed by atoms with Crippen LogP contribution in [0.15, 0.2) is 70.5 Å². The summed E-state index contributed by atoms with van der Waals surface area (Å²) in [6, 6.07) is 17.0. The molecule has 0 saturated carbocycles. The molecule has 9 heteroatoms. The van der Waals surface area contributed by atoms with Crippen LogP contribution in [0.1, 0.15) is 18.9 Å². The van der Waals surface area contributed by atoms with Crippen molar-refractivity contribution < 1.29 is 22.1 Å². The number of thiocarbonyl (C=S) groups is 1. The minimum atomic E-state index is -4.11. The highest BCUT2D eigenvalue weighted by atomic mass is 32.2. The summed E-state index contributed by atoms with van der Waals surface area (Å²) in [5, 5.41) is 1.37. The molecule has 3 aromatic carbocycles. The van der Waals surface area contributed by atoms with Crippen LogP contribution in [-0.4, -0.2) is 37.2 Å². The number of amides is 1. The van der Waals surface area contributed by atoms with Crippen LogP contribution in [0, 0.1) is 0 Å². The zero-order valence-electron chi connectivity index (χ0n) is 18.0. The number of ether oxygens (including phenoxy) is 1. The molecule has 1 aliphatic rings. The second-order valence-electron chi connectivity index (χ2n) is 7.26. The average Bonchev–Trinajstić information content (AvgIpc) is 3.07. The molecule has 0 bridgehead atoms. The lowest BCUT2D eigenvalue weighted by Crippen LogP contribution is -2.28. The lowest BCUT2D eigenvalue weighted by molar-refractivity contribution is -0.122. The zero-order chi connectivity index (χ0) is 23.6. The number of carbonyl (C=O) groups excluding carboxylic acids is 1. The molecule has 170 valence electrons. The molecule has 1 saturated heterocycles. The van der Waals surface area contributed by atoms with Crippen molar-refractivity contribution in [2.45, 2.75) is 18.2 Å². The molecule has 1 heterocycles. The maximum absolute atomic E-state index is 13.1. The van der Waals surface area contributed by atoms with Gasteiger partial charge in [0.05, 0.1) is 12.0 Å². The van der Waals surface area contributed by atoms with Crippen LogP contribution in [0.2, 0.25) is 0 Å². The number of rotatable bonds is 7. The highest BCUT2D eigenvalue weighted by molar-refractivity contribution is 8.26. The van der Waals surface area contributed by atoms with Gasteiger partial charge in [-0.25, -0.2) is 0 Å². The predicted molar refractivity (Wildman–Crippen MR) is 135 cm³/mol. The molecule has 0 spiro atoms. The third kappa shape index (κ3) is 4.75. The number of benzene rings is 3. The van der Waals surface area contributed by atoms with Gasteiger partial charge in [0, 0.05) is 11.9 Å². The quantitative estimate of drug-likeness (QED) is 0.250. The van der Waals surface area contributed by atoms with Crippen molar-refractivity contribution in [2.24, 2.45) is 0 Å². The van der Waals surface area contributed by atoms with Crippen LogP contribution in [0.25, 0.3) is 16.8 Å². The summed E-state index contributed by atoms with van der Waals surface area (Å²) in [5.74, 6) is 0.155. The molecule has 1 aliphatic heterocycles. The Bertz CT molecular complexity index is 1380. The minimum Gasteiger partial charge on any atom is -0.493 e. The largest absolute Gasteiger partial charge is 0.493 e. The van der Waals surface area contributed by atoms with Gasteiger partial charge in [-0.05, 0) is 41.6 Å². The van der Waals surface area contributed by atoms with Gasteiger partial charge in [0.25, 0.3) is 5.91 Å². The Balaban J connectivity index is 1.64. The van der Waals surface area contributed by atoms with E-state index in [0.717, 1.165) is 11.8 Å². The Hall–Kier alpha value is -2.88. The molecule has 0 aliphatic carbocycles. The van der Waals surface area contributed by atoms with E-state index >= 15 is 0 Å². The van der Waals surface area contributed by atoms with Crippen LogP contribution < -0.4 is 8.92 Å². The van der Waals surface area contributed by atoms with Crippen LogP contribution >= 0.6 is 24.0 Å². The van der Waals surface area contributed by atoms with E-state index in [1.807, 2.05) is 25.1 Å². The third-order valence-electron chi connectivity index (χ3n) is 5.02. The number of methoxy groups -OCH3 is 1. The molecule has 6 nitrogen and oxygen atoms in total. The Morgan fingerprint density at radius 1 is 1.06 bits per heavy atom. The number of fused-ring (bicyclic) bond motifs is 1. The van der Waals surface area contributed by atoms with Crippen LogP contribution in [-0.2, 0) is 14.9 Å². The number of hydrogen-bond donors (Lipinski definition) is 0. The van der Waals surface area contributed by atoms with Gasteiger partial charge in [0.1, 0.15) is 9.22 Å². The molecule has 4 rings (SSSR count). The second kappa shape index (κ2) is 9.54. The van der Waals surface area contributed by atoms with Crippen molar-refractivity contribution in [2.75, 3.05) is 13.7 Å². The molecule has 0 atom stereocenters. The number of nitrogens with zero attached hydrogens (tertiary/aromatic N) is 1. The molecule has 0 unspecified atom stereocenters. The first-order chi connectivity index (χ1) is 15.8. The molecule has 3 aromatic rings.